The highest BCUT2D eigenvalue weighted by atomic mass is 16.5. The zero-order valence-corrected chi connectivity index (χ0v) is 24.1. The number of hydrogen-bond acceptors (Lipinski definition) is 6. The molecule has 0 bridgehead atoms. The number of fused-ring (bicyclic) bond motifs is 1. The molecule has 0 radical (unpaired) electrons. The van der Waals surface area contributed by atoms with E-state index in [1.165, 1.54) is 12.0 Å². The molecule has 0 saturated heterocycles. The molecule has 1 aliphatic rings. The highest BCUT2D eigenvalue weighted by molar-refractivity contribution is 5.92. The predicted octanol–water partition coefficient (Wildman–Crippen LogP) is 5.62. The molecule has 0 spiro atoms. The van der Waals surface area contributed by atoms with Crippen LogP contribution in [-0.2, 0) is 33.9 Å². The summed E-state index contributed by atoms with van der Waals surface area (Å²) in [6.07, 6.45) is 0.0294. The first-order chi connectivity index (χ1) is 20.9. The third-order valence-electron chi connectivity index (χ3n) is 7.61. The van der Waals surface area contributed by atoms with Crippen molar-refractivity contribution in [3.8, 4) is 11.5 Å². The first kappa shape index (κ1) is 29.4. The number of benzene rings is 4. The first-order valence-corrected chi connectivity index (χ1v) is 14.1. The van der Waals surface area contributed by atoms with Gasteiger partial charge in [0.25, 0.3) is 0 Å². The van der Waals surface area contributed by atoms with E-state index >= 15 is 0 Å². The average molecular weight is 580 g/mol. The molecule has 0 saturated carbocycles. The van der Waals surface area contributed by atoms with Crippen LogP contribution in [0.4, 0.5) is 0 Å². The molecule has 8 nitrogen and oxygen atoms in total. The number of carbonyl (C=O) groups excluding carboxylic acids is 2. The van der Waals surface area contributed by atoms with Gasteiger partial charge in [0.05, 0.1) is 25.2 Å². The fourth-order valence-corrected chi connectivity index (χ4v) is 5.54. The van der Waals surface area contributed by atoms with Gasteiger partial charge in [0.15, 0.2) is 11.5 Å². The second-order valence-electron chi connectivity index (χ2n) is 10.2. The number of hydrogen-bond donors (Lipinski definition) is 1. The van der Waals surface area contributed by atoms with Gasteiger partial charge in [-0.1, -0.05) is 84.9 Å². The van der Waals surface area contributed by atoms with E-state index in [4.69, 9.17) is 14.2 Å². The normalized spacial score (nSPS) is 14.1. The molecule has 1 atom stereocenters. The fraction of sp³-hybridized carbons (Fsp3) is 0.229. The number of aliphatic carboxylic acids is 1. The number of carboxylic acid groups (broad SMARTS) is 1. The number of carbonyl (C=O) groups is 3. The fourth-order valence-electron chi connectivity index (χ4n) is 5.54. The SMILES string of the molecule is CCOc1ccc2c(c1OCc1ccccc1C(=O)OC)CC(C(=O)O)N(C(=O)C(c1ccccc1)c1ccccc1)C2. The van der Waals surface area contributed by atoms with Crippen LogP contribution >= 0.6 is 0 Å². The molecular formula is C35H33NO7. The van der Waals surface area contributed by atoms with Gasteiger partial charge in [0.1, 0.15) is 12.6 Å². The van der Waals surface area contributed by atoms with E-state index in [1.807, 2.05) is 73.7 Å². The van der Waals surface area contributed by atoms with E-state index in [-0.39, 0.29) is 25.5 Å². The maximum Gasteiger partial charge on any atom is 0.338 e. The number of methoxy groups -OCH3 is 1. The van der Waals surface area contributed by atoms with Crippen molar-refractivity contribution < 1.29 is 33.7 Å². The molecule has 1 aliphatic heterocycles. The molecule has 1 heterocycles. The lowest BCUT2D eigenvalue weighted by molar-refractivity contribution is -0.151. The molecule has 0 aromatic heterocycles. The van der Waals surface area contributed by atoms with Crippen molar-refractivity contribution in [2.75, 3.05) is 13.7 Å². The van der Waals surface area contributed by atoms with Gasteiger partial charge in [0, 0.05) is 24.1 Å². The Balaban J connectivity index is 1.52. The monoisotopic (exact) mass is 579 g/mol. The molecule has 1 unspecified atom stereocenters. The highest BCUT2D eigenvalue weighted by Gasteiger charge is 2.40. The van der Waals surface area contributed by atoms with Crippen LogP contribution in [0.25, 0.3) is 0 Å². The predicted molar refractivity (Wildman–Crippen MR) is 160 cm³/mol. The summed E-state index contributed by atoms with van der Waals surface area (Å²) >= 11 is 0. The maximum absolute atomic E-state index is 14.3. The van der Waals surface area contributed by atoms with Gasteiger partial charge in [-0.3, -0.25) is 4.79 Å². The van der Waals surface area contributed by atoms with E-state index in [0.29, 0.717) is 34.8 Å². The molecule has 4 aromatic rings. The average Bonchev–Trinajstić information content (AvgIpc) is 3.04. The van der Waals surface area contributed by atoms with Crippen molar-refractivity contribution in [3.63, 3.8) is 0 Å². The van der Waals surface area contributed by atoms with Gasteiger partial charge in [-0.2, -0.15) is 0 Å². The topological polar surface area (TPSA) is 102 Å². The zero-order valence-electron chi connectivity index (χ0n) is 24.1. The van der Waals surface area contributed by atoms with E-state index in [9.17, 15) is 19.5 Å². The Kier molecular flexibility index (Phi) is 9.05. The minimum atomic E-state index is -1.13. The number of esters is 1. The summed E-state index contributed by atoms with van der Waals surface area (Å²) in [5, 5.41) is 10.4. The summed E-state index contributed by atoms with van der Waals surface area (Å²) in [5.41, 5.74) is 3.99. The first-order valence-electron chi connectivity index (χ1n) is 14.1. The molecule has 220 valence electrons. The van der Waals surface area contributed by atoms with E-state index < -0.39 is 23.9 Å². The van der Waals surface area contributed by atoms with Crippen molar-refractivity contribution in [1.29, 1.82) is 0 Å². The summed E-state index contributed by atoms with van der Waals surface area (Å²) in [5.74, 6) is -1.68. The van der Waals surface area contributed by atoms with E-state index in [2.05, 4.69) is 0 Å². The Morgan fingerprint density at radius 1 is 0.860 bits per heavy atom. The van der Waals surface area contributed by atoms with Gasteiger partial charge < -0.3 is 24.2 Å². The minimum Gasteiger partial charge on any atom is -0.490 e. The standard InChI is InChI=1S/C35H33NO7/c1-3-42-30-19-18-25-21-36(33(37)31(23-12-6-4-7-13-23)24-14-8-5-9-15-24)29(34(38)39)20-28(25)32(30)43-22-26-16-10-11-17-27(26)35(40)41-2/h4-19,29,31H,3,20-22H2,1-2H3,(H,38,39). The van der Waals surface area contributed by atoms with Gasteiger partial charge >= 0.3 is 11.9 Å². The minimum absolute atomic E-state index is 0.0294. The summed E-state index contributed by atoms with van der Waals surface area (Å²) in [6, 6.07) is 28.3. The Bertz CT molecular complexity index is 1560. The zero-order chi connectivity index (χ0) is 30.3. The van der Waals surface area contributed by atoms with Gasteiger partial charge in [-0.05, 0) is 35.7 Å². The summed E-state index contributed by atoms with van der Waals surface area (Å²) in [7, 11) is 1.32. The molecule has 0 aliphatic carbocycles. The lowest BCUT2D eigenvalue weighted by Gasteiger charge is -2.37. The molecule has 5 rings (SSSR count). The highest BCUT2D eigenvalue weighted by Crippen LogP contribution is 2.40. The van der Waals surface area contributed by atoms with Crippen molar-refractivity contribution in [3.05, 3.63) is 130 Å². The Hall–Kier alpha value is -5.11. The second kappa shape index (κ2) is 13.2. The molecule has 8 heteroatoms. The number of ether oxygens (including phenoxy) is 3. The number of rotatable bonds is 10. The lowest BCUT2D eigenvalue weighted by atomic mass is 9.87. The lowest BCUT2D eigenvalue weighted by Crippen LogP contribution is -2.50. The largest absolute Gasteiger partial charge is 0.490 e. The third-order valence-corrected chi connectivity index (χ3v) is 7.61. The molecule has 1 amide bonds. The van der Waals surface area contributed by atoms with Crippen molar-refractivity contribution >= 4 is 17.8 Å². The molecule has 4 aromatic carbocycles. The van der Waals surface area contributed by atoms with Crippen LogP contribution in [0.5, 0.6) is 11.5 Å². The molecule has 43 heavy (non-hydrogen) atoms. The van der Waals surface area contributed by atoms with E-state index in [0.717, 1.165) is 16.7 Å². The third kappa shape index (κ3) is 6.23. The number of nitrogens with zero attached hydrogens (tertiary/aromatic N) is 1. The molecular weight excluding hydrogens is 546 g/mol. The Labute approximate surface area is 250 Å². The van der Waals surface area contributed by atoms with Crippen LogP contribution in [0, 0.1) is 0 Å². The van der Waals surface area contributed by atoms with Gasteiger partial charge in [-0.15, -0.1) is 0 Å². The quantitative estimate of drug-likeness (QED) is 0.243. The Morgan fingerprint density at radius 2 is 1.49 bits per heavy atom. The van der Waals surface area contributed by atoms with Crippen LogP contribution in [0.3, 0.4) is 0 Å². The smallest absolute Gasteiger partial charge is 0.338 e. The van der Waals surface area contributed by atoms with Crippen molar-refractivity contribution in [1.82, 2.24) is 4.90 Å². The molecule has 1 N–H and O–H groups in total. The maximum atomic E-state index is 14.3. The van der Waals surface area contributed by atoms with Crippen molar-refractivity contribution in [2.24, 2.45) is 0 Å². The van der Waals surface area contributed by atoms with Gasteiger partial charge in [-0.25, -0.2) is 9.59 Å². The van der Waals surface area contributed by atoms with E-state index in [1.54, 1.807) is 30.3 Å². The van der Waals surface area contributed by atoms with Crippen LogP contribution in [0.2, 0.25) is 0 Å². The summed E-state index contributed by atoms with van der Waals surface area (Å²) in [6.45, 7) is 2.34. The molecule has 0 fully saturated rings. The van der Waals surface area contributed by atoms with Crippen LogP contribution in [0.15, 0.2) is 97.1 Å². The second-order valence-corrected chi connectivity index (χ2v) is 10.2. The van der Waals surface area contributed by atoms with Crippen molar-refractivity contribution in [2.45, 2.75) is 38.5 Å². The summed E-state index contributed by atoms with van der Waals surface area (Å²) < 4.78 is 17.1. The van der Waals surface area contributed by atoms with Crippen LogP contribution < -0.4 is 9.47 Å². The van der Waals surface area contributed by atoms with Gasteiger partial charge in [0.2, 0.25) is 5.91 Å². The Morgan fingerprint density at radius 3 is 2.09 bits per heavy atom. The van der Waals surface area contributed by atoms with Crippen LogP contribution in [0.1, 0.15) is 51.0 Å². The summed E-state index contributed by atoms with van der Waals surface area (Å²) in [4.78, 5) is 40.8. The number of carboxylic acids is 1. The number of amides is 1. The van der Waals surface area contributed by atoms with Crippen LogP contribution in [-0.4, -0.2) is 47.6 Å².